The van der Waals surface area contributed by atoms with Gasteiger partial charge in [0.2, 0.25) is 0 Å². The first-order chi connectivity index (χ1) is 6.77. The second-order valence-corrected chi connectivity index (χ2v) is 5.90. The van der Waals surface area contributed by atoms with E-state index in [4.69, 9.17) is 5.73 Å². The summed E-state index contributed by atoms with van der Waals surface area (Å²) in [7, 11) is 0. The van der Waals surface area contributed by atoms with Crippen molar-refractivity contribution in [3.8, 4) is 0 Å². The lowest BCUT2D eigenvalue weighted by atomic mass is 9.90. The van der Waals surface area contributed by atoms with Crippen molar-refractivity contribution in [1.82, 2.24) is 4.90 Å². The molecule has 2 N–H and O–H groups in total. The van der Waals surface area contributed by atoms with Gasteiger partial charge in [0.15, 0.2) is 0 Å². The van der Waals surface area contributed by atoms with Gasteiger partial charge < -0.3 is 5.73 Å². The van der Waals surface area contributed by atoms with Crippen molar-refractivity contribution in [2.24, 2.45) is 11.7 Å². The SMILES string of the molecule is CC(N)C1CCN(C2CCSC2)CC1. The second kappa shape index (κ2) is 4.86. The van der Waals surface area contributed by atoms with Crippen molar-refractivity contribution in [1.29, 1.82) is 0 Å². The van der Waals surface area contributed by atoms with E-state index in [0.29, 0.717) is 6.04 Å². The highest BCUT2D eigenvalue weighted by molar-refractivity contribution is 7.99. The average molecular weight is 214 g/mol. The van der Waals surface area contributed by atoms with E-state index in [0.717, 1.165) is 12.0 Å². The molecule has 0 aromatic rings. The van der Waals surface area contributed by atoms with Crippen LogP contribution in [0.25, 0.3) is 0 Å². The molecule has 3 heteroatoms. The van der Waals surface area contributed by atoms with Gasteiger partial charge in [-0.1, -0.05) is 0 Å². The molecular formula is C11H22N2S. The van der Waals surface area contributed by atoms with Gasteiger partial charge >= 0.3 is 0 Å². The topological polar surface area (TPSA) is 29.3 Å². The lowest BCUT2D eigenvalue weighted by Crippen LogP contribution is -2.44. The molecule has 2 atom stereocenters. The third-order valence-electron chi connectivity index (χ3n) is 3.74. The number of nitrogens with two attached hydrogens (primary N) is 1. The van der Waals surface area contributed by atoms with Crippen LogP contribution in [-0.4, -0.2) is 41.6 Å². The molecule has 2 heterocycles. The molecule has 0 amide bonds. The molecule has 0 spiro atoms. The van der Waals surface area contributed by atoms with Crippen LogP contribution in [-0.2, 0) is 0 Å². The highest BCUT2D eigenvalue weighted by Gasteiger charge is 2.28. The van der Waals surface area contributed by atoms with Crippen molar-refractivity contribution in [3.05, 3.63) is 0 Å². The van der Waals surface area contributed by atoms with Gasteiger partial charge in [-0.15, -0.1) is 0 Å². The van der Waals surface area contributed by atoms with Gasteiger partial charge in [-0.2, -0.15) is 11.8 Å². The Balaban J connectivity index is 1.77. The summed E-state index contributed by atoms with van der Waals surface area (Å²) in [4.78, 5) is 2.69. The quantitative estimate of drug-likeness (QED) is 0.756. The van der Waals surface area contributed by atoms with Crippen molar-refractivity contribution in [2.75, 3.05) is 24.6 Å². The zero-order valence-electron chi connectivity index (χ0n) is 9.11. The maximum atomic E-state index is 5.94. The summed E-state index contributed by atoms with van der Waals surface area (Å²) in [5, 5.41) is 0. The fourth-order valence-electron chi connectivity index (χ4n) is 2.62. The molecular weight excluding hydrogens is 192 g/mol. The first kappa shape index (κ1) is 10.8. The maximum Gasteiger partial charge on any atom is 0.0194 e. The highest BCUT2D eigenvalue weighted by atomic mass is 32.2. The van der Waals surface area contributed by atoms with Crippen LogP contribution in [0.4, 0.5) is 0 Å². The summed E-state index contributed by atoms with van der Waals surface area (Å²) in [6, 6.07) is 1.28. The van der Waals surface area contributed by atoms with E-state index in [1.807, 2.05) is 0 Å². The Bertz CT molecular complexity index is 170. The normalized spacial score (nSPS) is 33.4. The summed E-state index contributed by atoms with van der Waals surface area (Å²) in [6.07, 6.45) is 4.05. The molecule has 2 aliphatic rings. The lowest BCUT2D eigenvalue weighted by Gasteiger charge is -2.37. The highest BCUT2D eigenvalue weighted by Crippen LogP contribution is 2.27. The Hall–Kier alpha value is 0.270. The largest absolute Gasteiger partial charge is 0.328 e. The average Bonchev–Trinajstić information content (AvgIpc) is 2.71. The van der Waals surface area contributed by atoms with E-state index in [-0.39, 0.29) is 0 Å². The Morgan fingerprint density at radius 3 is 2.50 bits per heavy atom. The van der Waals surface area contributed by atoms with Gasteiger partial charge in [0.25, 0.3) is 0 Å². The Morgan fingerprint density at radius 2 is 2.00 bits per heavy atom. The molecule has 0 bridgehead atoms. The van der Waals surface area contributed by atoms with E-state index >= 15 is 0 Å². The number of nitrogens with zero attached hydrogens (tertiary/aromatic N) is 1. The zero-order chi connectivity index (χ0) is 9.97. The number of piperidine rings is 1. The van der Waals surface area contributed by atoms with Crippen molar-refractivity contribution < 1.29 is 0 Å². The zero-order valence-corrected chi connectivity index (χ0v) is 9.93. The maximum absolute atomic E-state index is 5.94. The number of thioether (sulfide) groups is 1. The van der Waals surface area contributed by atoms with Crippen LogP contribution >= 0.6 is 11.8 Å². The molecule has 2 saturated heterocycles. The number of hydrogen-bond acceptors (Lipinski definition) is 3. The molecule has 14 heavy (non-hydrogen) atoms. The number of hydrogen-bond donors (Lipinski definition) is 1. The van der Waals surface area contributed by atoms with Crippen LogP contribution in [0.3, 0.4) is 0 Å². The first-order valence-corrected chi connectivity index (χ1v) is 7.00. The van der Waals surface area contributed by atoms with E-state index in [2.05, 4.69) is 23.6 Å². The van der Waals surface area contributed by atoms with E-state index in [1.165, 1.54) is 43.9 Å². The van der Waals surface area contributed by atoms with Crippen molar-refractivity contribution >= 4 is 11.8 Å². The molecule has 0 aromatic heterocycles. The number of rotatable bonds is 2. The van der Waals surface area contributed by atoms with E-state index in [1.54, 1.807) is 0 Å². The minimum absolute atomic E-state index is 0.398. The molecule has 0 radical (unpaired) electrons. The monoisotopic (exact) mass is 214 g/mol. The summed E-state index contributed by atoms with van der Waals surface area (Å²) < 4.78 is 0. The first-order valence-electron chi connectivity index (χ1n) is 5.85. The van der Waals surface area contributed by atoms with Gasteiger partial charge in [-0.25, -0.2) is 0 Å². The van der Waals surface area contributed by atoms with Crippen LogP contribution in [0.5, 0.6) is 0 Å². The fourth-order valence-corrected chi connectivity index (χ4v) is 3.88. The summed E-state index contributed by atoms with van der Waals surface area (Å²) >= 11 is 2.12. The third kappa shape index (κ3) is 2.44. The predicted molar refractivity (Wildman–Crippen MR) is 63.7 cm³/mol. The molecule has 0 aromatic carbocycles. The van der Waals surface area contributed by atoms with Crippen molar-refractivity contribution in [2.45, 2.75) is 38.3 Å². The third-order valence-corrected chi connectivity index (χ3v) is 4.88. The van der Waals surface area contributed by atoms with E-state index in [9.17, 15) is 0 Å². The fraction of sp³-hybridized carbons (Fsp3) is 1.00. The van der Waals surface area contributed by atoms with Crippen LogP contribution in [0.15, 0.2) is 0 Å². The molecule has 2 aliphatic heterocycles. The van der Waals surface area contributed by atoms with Gasteiger partial charge in [0, 0.05) is 17.8 Å². The van der Waals surface area contributed by atoms with Gasteiger partial charge in [-0.3, -0.25) is 4.90 Å². The standard InChI is InChI=1S/C11H22N2S/c1-9(12)10-2-5-13(6-3-10)11-4-7-14-8-11/h9-11H,2-8,12H2,1H3. The molecule has 82 valence electrons. The molecule has 2 unspecified atom stereocenters. The van der Waals surface area contributed by atoms with Crippen molar-refractivity contribution in [3.63, 3.8) is 0 Å². The molecule has 2 fully saturated rings. The minimum Gasteiger partial charge on any atom is -0.328 e. The second-order valence-electron chi connectivity index (χ2n) is 4.75. The molecule has 2 nitrogen and oxygen atoms in total. The van der Waals surface area contributed by atoms with Crippen LogP contribution < -0.4 is 5.73 Å². The minimum atomic E-state index is 0.398. The summed E-state index contributed by atoms with van der Waals surface area (Å²) in [6.45, 7) is 4.74. The predicted octanol–water partition coefficient (Wildman–Crippen LogP) is 1.55. The lowest BCUT2D eigenvalue weighted by molar-refractivity contribution is 0.135. The van der Waals surface area contributed by atoms with Gasteiger partial charge in [0.1, 0.15) is 0 Å². The molecule has 2 rings (SSSR count). The van der Waals surface area contributed by atoms with Gasteiger partial charge in [0.05, 0.1) is 0 Å². The molecule has 0 aliphatic carbocycles. The van der Waals surface area contributed by atoms with Gasteiger partial charge in [-0.05, 0) is 50.9 Å². The summed E-state index contributed by atoms with van der Waals surface area (Å²) in [5.74, 6) is 3.51. The van der Waals surface area contributed by atoms with Crippen LogP contribution in [0.2, 0.25) is 0 Å². The van der Waals surface area contributed by atoms with E-state index < -0.39 is 0 Å². The molecule has 0 saturated carbocycles. The van der Waals surface area contributed by atoms with Crippen LogP contribution in [0.1, 0.15) is 26.2 Å². The van der Waals surface area contributed by atoms with Crippen LogP contribution in [0, 0.1) is 5.92 Å². The Morgan fingerprint density at radius 1 is 1.29 bits per heavy atom. The summed E-state index contributed by atoms with van der Waals surface area (Å²) in [5.41, 5.74) is 5.94. The smallest absolute Gasteiger partial charge is 0.0194 e. The number of likely N-dealkylation sites (tertiary alicyclic amines) is 1. The Labute approximate surface area is 91.6 Å². The Kier molecular flexibility index (Phi) is 3.74.